The number of rotatable bonds is 5. The van der Waals surface area contributed by atoms with E-state index in [0.717, 1.165) is 18.0 Å². The van der Waals surface area contributed by atoms with Gasteiger partial charge in [0.1, 0.15) is 0 Å². The molecule has 0 amide bonds. The highest BCUT2D eigenvalue weighted by Crippen LogP contribution is 2.41. The summed E-state index contributed by atoms with van der Waals surface area (Å²) in [5.41, 5.74) is 1.63. The molecule has 1 N–H and O–H groups in total. The lowest BCUT2D eigenvalue weighted by molar-refractivity contribution is 0.322. The van der Waals surface area contributed by atoms with Crippen molar-refractivity contribution >= 4 is 11.6 Å². The number of hydrogen-bond acceptors (Lipinski definition) is 2. The third-order valence-electron chi connectivity index (χ3n) is 3.99. The standard InChI is InChI=1S/C15H23ClN2/c1-3-7-18-13-4-6-15(2,10-13)9-12-5-8-17-11-14(12)16/h5,8,11,13,18H,3-4,6-7,9-10H2,1-2H3. The summed E-state index contributed by atoms with van der Waals surface area (Å²) in [6.45, 7) is 5.74. The highest BCUT2D eigenvalue weighted by atomic mass is 35.5. The number of pyridine rings is 1. The molecule has 100 valence electrons. The second-order valence-electron chi connectivity index (χ2n) is 5.85. The van der Waals surface area contributed by atoms with Gasteiger partial charge in [-0.3, -0.25) is 4.98 Å². The normalized spacial score (nSPS) is 27.6. The van der Waals surface area contributed by atoms with E-state index in [1.807, 2.05) is 6.20 Å². The van der Waals surface area contributed by atoms with Crippen LogP contribution in [0.15, 0.2) is 18.5 Å². The molecule has 1 aromatic rings. The van der Waals surface area contributed by atoms with Crippen molar-refractivity contribution in [1.29, 1.82) is 0 Å². The Labute approximate surface area is 115 Å². The van der Waals surface area contributed by atoms with E-state index in [0.29, 0.717) is 11.5 Å². The predicted molar refractivity (Wildman–Crippen MR) is 77.0 cm³/mol. The number of nitrogens with one attached hydrogen (secondary N) is 1. The molecule has 0 aromatic carbocycles. The Hall–Kier alpha value is -0.600. The number of halogens is 1. The molecule has 1 aromatic heterocycles. The minimum Gasteiger partial charge on any atom is -0.314 e. The first-order chi connectivity index (χ1) is 8.63. The first kappa shape index (κ1) is 13.8. The average molecular weight is 267 g/mol. The molecule has 1 heterocycles. The Balaban J connectivity index is 1.95. The van der Waals surface area contributed by atoms with Crippen molar-refractivity contribution in [2.75, 3.05) is 6.54 Å². The molecular formula is C15H23ClN2. The molecule has 2 nitrogen and oxygen atoms in total. The quantitative estimate of drug-likeness (QED) is 0.876. The fraction of sp³-hybridized carbons (Fsp3) is 0.667. The summed E-state index contributed by atoms with van der Waals surface area (Å²) < 4.78 is 0. The lowest BCUT2D eigenvalue weighted by atomic mass is 9.82. The second-order valence-corrected chi connectivity index (χ2v) is 6.26. The molecule has 1 saturated carbocycles. The zero-order valence-corrected chi connectivity index (χ0v) is 12.1. The molecule has 0 radical (unpaired) electrons. The van der Waals surface area contributed by atoms with Crippen LogP contribution in [0.1, 0.15) is 45.1 Å². The molecule has 18 heavy (non-hydrogen) atoms. The Kier molecular flexibility index (Phi) is 4.63. The molecule has 1 fully saturated rings. The average Bonchev–Trinajstić information content (AvgIpc) is 2.72. The first-order valence-electron chi connectivity index (χ1n) is 6.95. The summed E-state index contributed by atoms with van der Waals surface area (Å²) in [4.78, 5) is 4.05. The second kappa shape index (κ2) is 6.03. The van der Waals surface area contributed by atoms with E-state index in [4.69, 9.17) is 11.6 Å². The molecule has 2 rings (SSSR count). The predicted octanol–water partition coefficient (Wildman–Crippen LogP) is 3.84. The Morgan fingerprint density at radius 1 is 1.56 bits per heavy atom. The topological polar surface area (TPSA) is 24.9 Å². The Bertz CT molecular complexity index is 394. The van der Waals surface area contributed by atoms with Crippen LogP contribution < -0.4 is 5.32 Å². The van der Waals surface area contributed by atoms with Gasteiger partial charge in [0.25, 0.3) is 0 Å². The van der Waals surface area contributed by atoms with Gasteiger partial charge in [0.2, 0.25) is 0 Å². The molecule has 0 aliphatic heterocycles. The van der Waals surface area contributed by atoms with Crippen LogP contribution in [0.25, 0.3) is 0 Å². The SMILES string of the molecule is CCCNC1CCC(C)(Cc2ccncc2Cl)C1. The maximum Gasteiger partial charge on any atom is 0.0621 e. The highest BCUT2D eigenvalue weighted by molar-refractivity contribution is 6.31. The van der Waals surface area contributed by atoms with Crippen molar-refractivity contribution in [2.24, 2.45) is 5.41 Å². The van der Waals surface area contributed by atoms with E-state index in [1.54, 1.807) is 6.20 Å². The van der Waals surface area contributed by atoms with Gasteiger partial charge in [0.05, 0.1) is 5.02 Å². The summed E-state index contributed by atoms with van der Waals surface area (Å²) in [6.07, 6.45) is 9.70. The zero-order chi connectivity index (χ0) is 13.0. The summed E-state index contributed by atoms with van der Waals surface area (Å²) in [6, 6.07) is 2.75. The van der Waals surface area contributed by atoms with Gasteiger partial charge >= 0.3 is 0 Å². The van der Waals surface area contributed by atoms with Crippen molar-refractivity contribution in [3.05, 3.63) is 29.0 Å². The van der Waals surface area contributed by atoms with Gasteiger partial charge in [-0.25, -0.2) is 0 Å². The molecule has 0 saturated heterocycles. The van der Waals surface area contributed by atoms with Crippen LogP contribution in [0.5, 0.6) is 0 Å². The van der Waals surface area contributed by atoms with E-state index in [1.165, 1.54) is 31.2 Å². The summed E-state index contributed by atoms with van der Waals surface area (Å²) in [7, 11) is 0. The van der Waals surface area contributed by atoms with Crippen LogP contribution in [0.3, 0.4) is 0 Å². The van der Waals surface area contributed by atoms with Crippen LogP contribution in [-0.2, 0) is 6.42 Å². The molecule has 0 bridgehead atoms. The van der Waals surface area contributed by atoms with Crippen molar-refractivity contribution in [3.8, 4) is 0 Å². The summed E-state index contributed by atoms with van der Waals surface area (Å²) >= 11 is 6.21. The Morgan fingerprint density at radius 3 is 3.11 bits per heavy atom. The van der Waals surface area contributed by atoms with Crippen LogP contribution in [-0.4, -0.2) is 17.6 Å². The number of nitrogens with zero attached hydrogens (tertiary/aromatic N) is 1. The van der Waals surface area contributed by atoms with Gasteiger partial charge in [0.15, 0.2) is 0 Å². The van der Waals surface area contributed by atoms with E-state index in [2.05, 4.69) is 30.2 Å². The number of aromatic nitrogens is 1. The first-order valence-corrected chi connectivity index (χ1v) is 7.32. The van der Waals surface area contributed by atoms with Gasteiger partial charge in [-0.15, -0.1) is 0 Å². The third-order valence-corrected chi connectivity index (χ3v) is 4.33. The van der Waals surface area contributed by atoms with E-state index >= 15 is 0 Å². The third kappa shape index (κ3) is 3.46. The fourth-order valence-corrected chi connectivity index (χ4v) is 3.20. The minimum absolute atomic E-state index is 0.385. The maximum atomic E-state index is 6.21. The van der Waals surface area contributed by atoms with Crippen LogP contribution in [0, 0.1) is 5.41 Å². The summed E-state index contributed by atoms with van der Waals surface area (Å²) in [5.74, 6) is 0. The summed E-state index contributed by atoms with van der Waals surface area (Å²) in [5, 5.41) is 4.45. The molecular weight excluding hydrogens is 244 g/mol. The van der Waals surface area contributed by atoms with Crippen LogP contribution >= 0.6 is 11.6 Å². The molecule has 2 atom stereocenters. The monoisotopic (exact) mass is 266 g/mol. The van der Waals surface area contributed by atoms with Gasteiger partial charge in [-0.05, 0) is 55.7 Å². The van der Waals surface area contributed by atoms with Gasteiger partial charge in [-0.1, -0.05) is 25.4 Å². The highest BCUT2D eigenvalue weighted by Gasteiger charge is 2.35. The molecule has 2 unspecified atom stereocenters. The largest absolute Gasteiger partial charge is 0.314 e. The van der Waals surface area contributed by atoms with Crippen LogP contribution in [0.4, 0.5) is 0 Å². The molecule has 1 aliphatic carbocycles. The maximum absolute atomic E-state index is 6.21. The van der Waals surface area contributed by atoms with E-state index < -0.39 is 0 Å². The molecule has 3 heteroatoms. The smallest absolute Gasteiger partial charge is 0.0621 e. The van der Waals surface area contributed by atoms with Gasteiger partial charge in [0, 0.05) is 18.4 Å². The van der Waals surface area contributed by atoms with Crippen molar-refractivity contribution in [2.45, 2.75) is 52.0 Å². The minimum atomic E-state index is 0.385. The van der Waals surface area contributed by atoms with Crippen molar-refractivity contribution < 1.29 is 0 Å². The van der Waals surface area contributed by atoms with Gasteiger partial charge < -0.3 is 5.32 Å². The van der Waals surface area contributed by atoms with Crippen molar-refractivity contribution in [1.82, 2.24) is 10.3 Å². The zero-order valence-electron chi connectivity index (χ0n) is 11.4. The lowest BCUT2D eigenvalue weighted by Gasteiger charge is -2.25. The van der Waals surface area contributed by atoms with Crippen LogP contribution in [0.2, 0.25) is 5.02 Å². The van der Waals surface area contributed by atoms with Crippen molar-refractivity contribution in [3.63, 3.8) is 0 Å². The number of hydrogen-bond donors (Lipinski definition) is 1. The fourth-order valence-electron chi connectivity index (χ4n) is 3.01. The molecule has 1 aliphatic rings. The van der Waals surface area contributed by atoms with Gasteiger partial charge in [-0.2, -0.15) is 0 Å². The molecule has 0 spiro atoms. The van der Waals surface area contributed by atoms with E-state index in [-0.39, 0.29) is 0 Å². The Morgan fingerprint density at radius 2 is 2.39 bits per heavy atom. The lowest BCUT2D eigenvalue weighted by Crippen LogP contribution is -2.29. The van der Waals surface area contributed by atoms with E-state index in [9.17, 15) is 0 Å².